The number of carbonyl (C=O) groups excluding carboxylic acids is 4. The number of amides is 5. The SMILES string of the molecule is CNC(=O)C1(N2CC(C3CC3)CNC2=O)Cc2ccc(NC(=O)[C@@H](NC(=O)c3ccnn3C)C3CCCCC3)cc2C1. The maximum Gasteiger partial charge on any atom is 0.318 e. The summed E-state index contributed by atoms with van der Waals surface area (Å²) in [5.41, 5.74) is 1.93. The Morgan fingerprint density at radius 3 is 2.48 bits per heavy atom. The molecule has 3 aliphatic carbocycles. The van der Waals surface area contributed by atoms with Gasteiger partial charge in [-0.2, -0.15) is 5.10 Å². The molecule has 1 aromatic carbocycles. The largest absolute Gasteiger partial charge is 0.357 e. The summed E-state index contributed by atoms with van der Waals surface area (Å²) in [4.78, 5) is 55.1. The molecule has 2 unspecified atom stereocenters. The lowest BCUT2D eigenvalue weighted by Crippen LogP contribution is -2.67. The van der Waals surface area contributed by atoms with E-state index in [2.05, 4.69) is 26.4 Å². The monoisotopic (exact) mass is 575 g/mol. The van der Waals surface area contributed by atoms with Crippen molar-refractivity contribution in [2.75, 3.05) is 25.5 Å². The van der Waals surface area contributed by atoms with Gasteiger partial charge in [0, 0.05) is 51.9 Å². The Morgan fingerprint density at radius 2 is 1.79 bits per heavy atom. The van der Waals surface area contributed by atoms with E-state index in [0.717, 1.165) is 43.2 Å². The molecule has 2 heterocycles. The fourth-order valence-corrected chi connectivity index (χ4v) is 7.29. The summed E-state index contributed by atoms with van der Waals surface area (Å²) in [7, 11) is 3.32. The third-order valence-electron chi connectivity index (χ3n) is 9.82. The van der Waals surface area contributed by atoms with Gasteiger partial charge in [-0.05, 0) is 72.8 Å². The molecule has 5 amide bonds. The van der Waals surface area contributed by atoms with E-state index >= 15 is 0 Å². The first-order valence-corrected chi connectivity index (χ1v) is 15.3. The van der Waals surface area contributed by atoms with Crippen LogP contribution in [0.5, 0.6) is 0 Å². The van der Waals surface area contributed by atoms with E-state index in [-0.39, 0.29) is 29.7 Å². The highest BCUT2D eigenvalue weighted by atomic mass is 16.2. The number of carbonyl (C=O) groups is 4. The molecule has 224 valence electrons. The van der Waals surface area contributed by atoms with Crippen molar-refractivity contribution in [3.63, 3.8) is 0 Å². The average molecular weight is 576 g/mol. The lowest BCUT2D eigenvalue weighted by molar-refractivity contribution is -0.131. The number of fused-ring (bicyclic) bond motifs is 1. The van der Waals surface area contributed by atoms with E-state index in [4.69, 9.17) is 0 Å². The van der Waals surface area contributed by atoms with E-state index < -0.39 is 11.6 Å². The van der Waals surface area contributed by atoms with Crippen LogP contribution in [0.15, 0.2) is 30.5 Å². The van der Waals surface area contributed by atoms with E-state index in [9.17, 15) is 19.2 Å². The zero-order valence-electron chi connectivity index (χ0n) is 24.4. The molecule has 42 heavy (non-hydrogen) atoms. The fraction of sp³-hybridized carbons (Fsp3) is 0.581. The topological polar surface area (TPSA) is 137 Å². The zero-order chi connectivity index (χ0) is 29.4. The molecule has 0 spiro atoms. The summed E-state index contributed by atoms with van der Waals surface area (Å²) in [5, 5.41) is 16.0. The summed E-state index contributed by atoms with van der Waals surface area (Å²) >= 11 is 0. The Morgan fingerprint density at radius 1 is 1.02 bits per heavy atom. The molecular weight excluding hydrogens is 534 g/mol. The molecule has 3 fully saturated rings. The van der Waals surface area contributed by atoms with Crippen molar-refractivity contribution in [1.29, 1.82) is 0 Å². The van der Waals surface area contributed by atoms with Crippen LogP contribution in [0.1, 0.15) is 66.6 Å². The first-order chi connectivity index (χ1) is 20.3. The number of aryl methyl sites for hydroxylation is 1. The van der Waals surface area contributed by atoms with Crippen molar-refractivity contribution in [1.82, 2.24) is 30.6 Å². The molecule has 2 aromatic rings. The maximum atomic E-state index is 13.7. The highest BCUT2D eigenvalue weighted by Gasteiger charge is 2.53. The molecule has 2 saturated carbocycles. The normalized spacial score (nSPS) is 24.9. The number of anilines is 1. The summed E-state index contributed by atoms with van der Waals surface area (Å²) in [6.07, 6.45) is 9.66. The second kappa shape index (κ2) is 11.4. The summed E-state index contributed by atoms with van der Waals surface area (Å²) in [6, 6.07) is 6.47. The number of nitrogens with zero attached hydrogens (tertiary/aromatic N) is 3. The molecular formula is C31H41N7O4. The molecule has 1 aromatic heterocycles. The number of benzene rings is 1. The number of hydrogen-bond donors (Lipinski definition) is 4. The van der Waals surface area contributed by atoms with E-state index in [1.807, 2.05) is 18.2 Å². The van der Waals surface area contributed by atoms with Crippen LogP contribution < -0.4 is 21.3 Å². The maximum absolute atomic E-state index is 13.7. The van der Waals surface area contributed by atoms with Crippen LogP contribution in [0, 0.1) is 17.8 Å². The second-order valence-electron chi connectivity index (χ2n) is 12.5. The minimum atomic E-state index is -1.01. The number of rotatable bonds is 8. The first-order valence-electron chi connectivity index (χ1n) is 15.3. The van der Waals surface area contributed by atoms with Crippen molar-refractivity contribution >= 4 is 29.4 Å². The van der Waals surface area contributed by atoms with Gasteiger partial charge in [0.05, 0.1) is 0 Å². The van der Waals surface area contributed by atoms with Gasteiger partial charge in [0.15, 0.2) is 0 Å². The molecule has 4 aliphatic rings. The molecule has 3 atom stereocenters. The van der Waals surface area contributed by atoms with Gasteiger partial charge in [-0.25, -0.2) is 4.79 Å². The van der Waals surface area contributed by atoms with Gasteiger partial charge in [0.2, 0.25) is 11.8 Å². The van der Waals surface area contributed by atoms with Gasteiger partial charge in [0.25, 0.3) is 5.91 Å². The smallest absolute Gasteiger partial charge is 0.318 e. The lowest BCUT2D eigenvalue weighted by atomic mass is 9.83. The van der Waals surface area contributed by atoms with Crippen LogP contribution >= 0.6 is 0 Å². The van der Waals surface area contributed by atoms with Gasteiger partial charge < -0.3 is 26.2 Å². The Balaban J connectivity index is 1.21. The van der Waals surface area contributed by atoms with Gasteiger partial charge in [-0.3, -0.25) is 19.1 Å². The molecule has 4 N–H and O–H groups in total. The Bertz CT molecular complexity index is 1380. The fourth-order valence-electron chi connectivity index (χ4n) is 7.29. The van der Waals surface area contributed by atoms with Gasteiger partial charge in [0.1, 0.15) is 17.3 Å². The zero-order valence-corrected chi connectivity index (χ0v) is 24.4. The summed E-state index contributed by atoms with van der Waals surface area (Å²) < 4.78 is 1.50. The minimum absolute atomic E-state index is 0.0447. The van der Waals surface area contributed by atoms with Crippen LogP contribution in [0.2, 0.25) is 0 Å². The third kappa shape index (κ3) is 5.36. The van der Waals surface area contributed by atoms with Gasteiger partial charge in [-0.15, -0.1) is 0 Å². The van der Waals surface area contributed by atoms with E-state index in [1.165, 1.54) is 17.5 Å². The van der Waals surface area contributed by atoms with Crippen molar-refractivity contribution < 1.29 is 19.2 Å². The molecule has 1 saturated heterocycles. The Kier molecular flexibility index (Phi) is 7.67. The number of hydrogen-bond acceptors (Lipinski definition) is 5. The van der Waals surface area contributed by atoms with Crippen molar-refractivity contribution in [2.45, 2.75) is 69.4 Å². The molecule has 1 aliphatic heterocycles. The number of aromatic nitrogens is 2. The molecule has 6 rings (SSSR count). The second-order valence-corrected chi connectivity index (χ2v) is 12.5. The summed E-state index contributed by atoms with van der Waals surface area (Å²) in [6.45, 7) is 1.23. The molecule has 11 nitrogen and oxygen atoms in total. The van der Waals surface area contributed by atoms with Crippen LogP contribution in [0.3, 0.4) is 0 Å². The van der Waals surface area contributed by atoms with Gasteiger partial charge >= 0.3 is 6.03 Å². The van der Waals surface area contributed by atoms with Crippen molar-refractivity contribution in [3.05, 3.63) is 47.3 Å². The quantitative estimate of drug-likeness (QED) is 0.383. The highest BCUT2D eigenvalue weighted by Crippen LogP contribution is 2.42. The average Bonchev–Trinajstić information content (AvgIpc) is 3.64. The van der Waals surface area contributed by atoms with Crippen LogP contribution in [0.25, 0.3) is 0 Å². The summed E-state index contributed by atoms with van der Waals surface area (Å²) in [5.74, 6) is 0.247. The molecule has 0 bridgehead atoms. The highest BCUT2D eigenvalue weighted by molar-refractivity contribution is 6.01. The Labute approximate surface area is 246 Å². The van der Waals surface area contributed by atoms with Crippen LogP contribution in [0.4, 0.5) is 10.5 Å². The number of likely N-dealkylation sites (N-methyl/N-ethyl adjacent to an activating group) is 1. The van der Waals surface area contributed by atoms with E-state index in [0.29, 0.717) is 49.1 Å². The van der Waals surface area contributed by atoms with Crippen LogP contribution in [-0.4, -0.2) is 70.2 Å². The van der Waals surface area contributed by atoms with Crippen molar-refractivity contribution in [2.24, 2.45) is 24.8 Å². The predicted molar refractivity (Wildman–Crippen MR) is 157 cm³/mol. The van der Waals surface area contributed by atoms with E-state index in [1.54, 1.807) is 31.3 Å². The standard InChI is InChI=1S/C31H41N7O4/c1-32-29(41)31(38-18-23(19-8-9-19)17-33-30(38)42)15-21-10-11-24(14-22(21)16-31)35-28(40)26(20-6-4-3-5-7-20)36-27(39)25-12-13-34-37(25)2/h10-14,19-20,23,26H,3-9,15-18H2,1-2H3,(H,32,41)(H,33,42)(H,35,40)(H,36,39)/t23?,26-,31?/m0/s1. The number of nitrogens with one attached hydrogen (secondary N) is 4. The lowest BCUT2D eigenvalue weighted by Gasteiger charge is -2.44. The molecule has 11 heteroatoms. The molecule has 0 radical (unpaired) electrons. The first kappa shape index (κ1) is 28.2. The Hall–Kier alpha value is -3.89. The minimum Gasteiger partial charge on any atom is -0.357 e. The van der Waals surface area contributed by atoms with Gasteiger partial charge in [-0.1, -0.05) is 25.3 Å². The predicted octanol–water partition coefficient (Wildman–Crippen LogP) is 2.37. The third-order valence-corrected chi connectivity index (χ3v) is 9.82. The van der Waals surface area contributed by atoms with Crippen molar-refractivity contribution in [3.8, 4) is 0 Å². The van der Waals surface area contributed by atoms with Crippen LogP contribution in [-0.2, 0) is 29.5 Å². The number of urea groups is 1.